The zero-order chi connectivity index (χ0) is 28.7. The first kappa shape index (κ1) is 27.5. The van der Waals surface area contributed by atoms with Gasteiger partial charge in [-0.1, -0.05) is 0 Å². The molecule has 224 valence electrons. The van der Waals surface area contributed by atoms with Gasteiger partial charge >= 0.3 is 12.1 Å². The van der Waals surface area contributed by atoms with E-state index in [9.17, 15) is 28.8 Å². The zero-order valence-electron chi connectivity index (χ0n) is 22.6. The fourth-order valence-electron chi connectivity index (χ4n) is 6.49. The summed E-state index contributed by atoms with van der Waals surface area (Å²) in [6.07, 6.45) is 3.07. The molecule has 6 rings (SSSR count). The van der Waals surface area contributed by atoms with Crippen LogP contribution >= 0.6 is 0 Å². The Morgan fingerprint density at radius 3 is 1.41 bits per heavy atom. The monoisotopic (exact) mass is 576 g/mol. The molecule has 0 aromatic heterocycles. The second-order valence-electron chi connectivity index (χ2n) is 11.4. The van der Waals surface area contributed by atoms with E-state index in [1.165, 1.54) is 9.80 Å². The van der Waals surface area contributed by atoms with Gasteiger partial charge in [0.15, 0.2) is 0 Å². The number of hydrazine groups is 2. The van der Waals surface area contributed by atoms with Crippen LogP contribution in [-0.4, -0.2) is 119 Å². The van der Waals surface area contributed by atoms with Gasteiger partial charge in [0.05, 0.1) is 23.9 Å². The molecule has 6 heterocycles. The molecule has 6 saturated heterocycles. The molecule has 0 saturated carbocycles. The largest absolute Gasteiger partial charge is 0.347 e. The Kier molecular flexibility index (Phi) is 7.56. The average molecular weight is 577 g/mol. The second-order valence-corrected chi connectivity index (χ2v) is 11.4. The Bertz CT molecular complexity index is 1030. The molecule has 6 fully saturated rings. The summed E-state index contributed by atoms with van der Waals surface area (Å²) in [5, 5.41) is 8.47. The van der Waals surface area contributed by atoms with Gasteiger partial charge in [-0.15, -0.1) is 4.94 Å². The normalized spacial score (nSPS) is 32.4. The smallest absolute Gasteiger partial charge is 0.316 e. The van der Waals surface area contributed by atoms with Gasteiger partial charge in [-0.05, 0) is 51.6 Å². The summed E-state index contributed by atoms with van der Waals surface area (Å²) in [5.74, 6) is -1.94. The van der Waals surface area contributed by atoms with Crippen molar-refractivity contribution >= 4 is 35.7 Å². The van der Waals surface area contributed by atoms with Gasteiger partial charge in [0.1, 0.15) is 12.1 Å². The van der Waals surface area contributed by atoms with Crippen molar-refractivity contribution in [2.24, 2.45) is 11.8 Å². The van der Waals surface area contributed by atoms with E-state index >= 15 is 0 Å². The van der Waals surface area contributed by atoms with E-state index in [1.807, 2.05) is 0 Å². The first-order chi connectivity index (χ1) is 19.8. The van der Waals surface area contributed by atoms with Crippen LogP contribution in [0.3, 0.4) is 0 Å². The number of nitrogens with one attached hydrogen (secondary N) is 6. The number of rotatable bonds is 6. The lowest BCUT2D eigenvalue weighted by Gasteiger charge is -2.30. The summed E-state index contributed by atoms with van der Waals surface area (Å²) in [6, 6.07) is -3.35. The minimum absolute atomic E-state index is 0.213. The van der Waals surface area contributed by atoms with Crippen LogP contribution in [0.15, 0.2) is 0 Å². The van der Waals surface area contributed by atoms with E-state index in [-0.39, 0.29) is 48.8 Å². The molecule has 17 nitrogen and oxygen atoms in total. The summed E-state index contributed by atoms with van der Waals surface area (Å²) in [5.41, 5.74) is 9.82. The van der Waals surface area contributed by atoms with E-state index in [0.29, 0.717) is 51.6 Å². The van der Waals surface area contributed by atoms with Crippen LogP contribution in [0.5, 0.6) is 0 Å². The predicted molar refractivity (Wildman–Crippen MR) is 137 cm³/mol. The Labute approximate surface area is 235 Å². The highest BCUT2D eigenvalue weighted by molar-refractivity contribution is 5.91. The van der Waals surface area contributed by atoms with E-state index in [2.05, 4.69) is 32.3 Å². The summed E-state index contributed by atoms with van der Waals surface area (Å²) < 4.78 is 0. The summed E-state index contributed by atoms with van der Waals surface area (Å²) >= 11 is 0. The second kappa shape index (κ2) is 11.3. The van der Waals surface area contributed by atoms with Crippen LogP contribution in [0.4, 0.5) is 9.59 Å². The van der Waals surface area contributed by atoms with Gasteiger partial charge in [0.25, 0.3) is 11.8 Å². The maximum absolute atomic E-state index is 13.3. The highest BCUT2D eigenvalue weighted by Gasteiger charge is 2.53. The number of urea groups is 2. The van der Waals surface area contributed by atoms with E-state index in [1.54, 1.807) is 0 Å². The molecule has 0 unspecified atom stereocenters. The minimum Gasteiger partial charge on any atom is -0.316 e. The fourth-order valence-corrected chi connectivity index (χ4v) is 6.49. The highest BCUT2D eigenvalue weighted by Crippen LogP contribution is 2.35. The molecule has 6 atom stereocenters. The SMILES string of the molecule is O=C(NNC(=O)[C@H]1CC[C@@H]2CN1C(=O)N2ON1C(=O)N2C[C@H]1CC[C@@H]2C(=O)NNC(=O)[C@@H]1CCNC1)[C@@H]1CCNC1. The van der Waals surface area contributed by atoms with Crippen molar-refractivity contribution in [3.63, 3.8) is 0 Å². The Morgan fingerprint density at radius 1 is 0.610 bits per heavy atom. The fraction of sp³-hybridized carbons (Fsp3) is 0.750. The van der Waals surface area contributed by atoms with E-state index < -0.39 is 36.0 Å². The third-order valence-electron chi connectivity index (χ3n) is 8.91. The molecule has 6 aliphatic heterocycles. The summed E-state index contributed by atoms with van der Waals surface area (Å²) in [6.45, 7) is 3.09. The van der Waals surface area contributed by atoms with E-state index in [0.717, 1.165) is 23.2 Å². The van der Waals surface area contributed by atoms with Crippen molar-refractivity contribution < 1.29 is 33.7 Å². The number of amides is 8. The molecule has 41 heavy (non-hydrogen) atoms. The zero-order valence-corrected chi connectivity index (χ0v) is 22.6. The van der Waals surface area contributed by atoms with Crippen molar-refractivity contribution in [2.75, 3.05) is 39.3 Å². The highest BCUT2D eigenvalue weighted by atomic mass is 16.9. The number of piperidine rings is 2. The van der Waals surface area contributed by atoms with Gasteiger partial charge in [0, 0.05) is 26.2 Å². The summed E-state index contributed by atoms with van der Waals surface area (Å²) in [4.78, 5) is 85.3. The van der Waals surface area contributed by atoms with Crippen molar-refractivity contribution in [1.29, 1.82) is 0 Å². The topological polar surface area (TPSA) is 197 Å². The van der Waals surface area contributed by atoms with Gasteiger partial charge in [-0.2, -0.15) is 10.1 Å². The lowest BCUT2D eigenvalue weighted by Crippen LogP contribution is -2.55. The number of hydroxylamine groups is 4. The van der Waals surface area contributed by atoms with Gasteiger partial charge < -0.3 is 20.4 Å². The minimum atomic E-state index is -0.782. The molecule has 6 aliphatic rings. The first-order valence-corrected chi connectivity index (χ1v) is 14.3. The molecule has 0 aromatic rings. The molecule has 0 aliphatic carbocycles. The Hall–Kier alpha value is -3.70. The molecule has 17 heteroatoms. The lowest BCUT2D eigenvalue weighted by molar-refractivity contribution is -0.284. The predicted octanol–water partition coefficient (Wildman–Crippen LogP) is -3.12. The summed E-state index contributed by atoms with van der Waals surface area (Å²) in [7, 11) is 0. The van der Waals surface area contributed by atoms with Crippen molar-refractivity contribution in [1.82, 2.24) is 52.3 Å². The van der Waals surface area contributed by atoms with Gasteiger partial charge in [-0.25, -0.2) is 9.59 Å². The number of carbonyl (C=O) groups is 6. The maximum Gasteiger partial charge on any atom is 0.347 e. The van der Waals surface area contributed by atoms with Crippen LogP contribution in [0, 0.1) is 11.8 Å². The molecule has 0 radical (unpaired) electrons. The van der Waals surface area contributed by atoms with Crippen molar-refractivity contribution in [3.8, 4) is 0 Å². The standard InChI is InChI=1S/C24H36N10O7/c35-19(13-5-7-25-9-13)27-29-21(37)17-3-1-15-11-31(17)23(39)33(15)41-34-16-2-4-18(32(12-16)24(34)40)22(38)30-28-20(36)14-6-8-26-10-14/h13-18,25-26H,1-12H2,(H,27,35)(H,28,36)(H,29,37)(H,30,38)/t13-,14-,15-,16-,17-,18-/m1/s1. The van der Waals surface area contributed by atoms with E-state index in [4.69, 9.17) is 4.94 Å². The van der Waals surface area contributed by atoms with Crippen molar-refractivity contribution in [3.05, 3.63) is 0 Å². The molecule has 6 N–H and O–H groups in total. The number of carbonyl (C=O) groups excluding carboxylic acids is 6. The molecule has 8 amide bonds. The molecular formula is C24H36N10O7. The number of fused-ring (bicyclic) bond motifs is 4. The van der Waals surface area contributed by atoms with Gasteiger partial charge in [-0.3, -0.25) is 40.9 Å². The van der Waals surface area contributed by atoms with Gasteiger partial charge in [0.2, 0.25) is 11.8 Å². The maximum atomic E-state index is 13.3. The molecular weight excluding hydrogens is 540 g/mol. The Balaban J connectivity index is 1.02. The third-order valence-corrected chi connectivity index (χ3v) is 8.91. The molecule has 0 aromatic carbocycles. The molecule has 4 bridgehead atoms. The van der Waals surface area contributed by atoms with Crippen LogP contribution in [-0.2, 0) is 24.1 Å². The average Bonchev–Trinajstić information content (AvgIpc) is 3.79. The van der Waals surface area contributed by atoms with Crippen LogP contribution in [0.25, 0.3) is 0 Å². The lowest BCUT2D eigenvalue weighted by atomic mass is 10.0. The first-order valence-electron chi connectivity index (χ1n) is 14.3. The molecule has 0 spiro atoms. The third kappa shape index (κ3) is 5.24. The van der Waals surface area contributed by atoms with Crippen LogP contribution < -0.4 is 32.3 Å². The van der Waals surface area contributed by atoms with Crippen LogP contribution in [0.1, 0.15) is 38.5 Å². The van der Waals surface area contributed by atoms with Crippen LogP contribution in [0.2, 0.25) is 0 Å². The quantitative estimate of drug-likeness (QED) is 0.177. The number of nitrogens with zero attached hydrogens (tertiary/aromatic N) is 4. The van der Waals surface area contributed by atoms with Crippen molar-refractivity contribution in [2.45, 2.75) is 62.7 Å². The number of hydrogen-bond donors (Lipinski definition) is 6. The Morgan fingerprint density at radius 2 is 1.02 bits per heavy atom. The number of hydrogen-bond acceptors (Lipinski definition) is 9.